The Morgan fingerprint density at radius 2 is 1.93 bits per heavy atom. The van der Waals surface area contributed by atoms with Gasteiger partial charge in [-0.3, -0.25) is 4.79 Å². The Morgan fingerprint density at radius 3 is 2.47 bits per heavy atom. The first-order valence-electron chi connectivity index (χ1n) is 5.97. The zero-order chi connectivity index (χ0) is 11.1. The maximum absolute atomic E-state index is 10.8. The molecule has 3 nitrogen and oxygen atoms in total. The molecule has 1 fully saturated rings. The zero-order valence-electron chi connectivity index (χ0n) is 9.83. The second-order valence-corrected chi connectivity index (χ2v) is 4.33. The van der Waals surface area contributed by atoms with Gasteiger partial charge in [0.2, 0.25) is 0 Å². The molecule has 0 aromatic carbocycles. The Morgan fingerprint density at radius 1 is 1.27 bits per heavy atom. The van der Waals surface area contributed by atoms with Crippen molar-refractivity contribution in [1.82, 2.24) is 0 Å². The van der Waals surface area contributed by atoms with Crippen LogP contribution in [0, 0.1) is 5.92 Å². The highest BCUT2D eigenvalue weighted by Crippen LogP contribution is 2.26. The van der Waals surface area contributed by atoms with Crippen LogP contribution in [0.15, 0.2) is 0 Å². The molecule has 0 heterocycles. The smallest absolute Gasteiger partial charge is 0.302 e. The first-order chi connectivity index (χ1) is 7.22. The molecule has 3 heteroatoms. The van der Waals surface area contributed by atoms with Crippen LogP contribution >= 0.6 is 0 Å². The van der Waals surface area contributed by atoms with E-state index in [-0.39, 0.29) is 12.1 Å². The molecule has 0 aliphatic heterocycles. The summed E-state index contributed by atoms with van der Waals surface area (Å²) >= 11 is 0. The fourth-order valence-electron chi connectivity index (χ4n) is 2.05. The van der Waals surface area contributed by atoms with Crippen LogP contribution in [-0.4, -0.2) is 25.3 Å². The summed E-state index contributed by atoms with van der Waals surface area (Å²) in [4.78, 5) is 10.8. The summed E-state index contributed by atoms with van der Waals surface area (Å²) in [6.07, 6.45) is 5.50. The molecule has 1 aliphatic rings. The predicted octanol–water partition coefficient (Wildman–Crippen LogP) is 2.53. The van der Waals surface area contributed by atoms with Crippen LogP contribution in [0.4, 0.5) is 0 Å². The van der Waals surface area contributed by atoms with Gasteiger partial charge in [0.25, 0.3) is 0 Å². The molecule has 0 radical (unpaired) electrons. The van der Waals surface area contributed by atoms with E-state index in [2.05, 4.69) is 6.92 Å². The Labute approximate surface area is 92.1 Å². The van der Waals surface area contributed by atoms with Crippen molar-refractivity contribution in [3.63, 3.8) is 0 Å². The minimum absolute atomic E-state index is 0.152. The fourth-order valence-corrected chi connectivity index (χ4v) is 2.05. The minimum atomic E-state index is -0.152. The summed E-state index contributed by atoms with van der Waals surface area (Å²) in [5.74, 6) is 0.518. The number of carbonyl (C=O) groups excluding carboxylic acids is 1. The monoisotopic (exact) mass is 214 g/mol. The summed E-state index contributed by atoms with van der Waals surface area (Å²) < 4.78 is 10.7. The van der Waals surface area contributed by atoms with E-state index in [9.17, 15) is 4.79 Å². The lowest BCUT2D eigenvalue weighted by atomic mass is 9.88. The molecule has 88 valence electrons. The van der Waals surface area contributed by atoms with Gasteiger partial charge in [0.05, 0.1) is 0 Å². The van der Waals surface area contributed by atoms with Gasteiger partial charge in [-0.05, 0) is 38.0 Å². The predicted molar refractivity (Wildman–Crippen MR) is 58.6 cm³/mol. The van der Waals surface area contributed by atoms with E-state index in [1.165, 1.54) is 6.92 Å². The maximum Gasteiger partial charge on any atom is 0.302 e. The van der Waals surface area contributed by atoms with Crippen LogP contribution in [0.25, 0.3) is 0 Å². The van der Waals surface area contributed by atoms with Gasteiger partial charge in [-0.15, -0.1) is 0 Å². The number of hydrogen-bond acceptors (Lipinski definition) is 3. The highest BCUT2D eigenvalue weighted by atomic mass is 16.5. The third kappa shape index (κ3) is 5.17. The van der Waals surface area contributed by atoms with Gasteiger partial charge < -0.3 is 9.47 Å². The lowest BCUT2D eigenvalue weighted by Crippen LogP contribution is -2.25. The van der Waals surface area contributed by atoms with Crippen molar-refractivity contribution in [2.75, 3.05) is 13.2 Å². The van der Waals surface area contributed by atoms with Gasteiger partial charge >= 0.3 is 5.97 Å². The van der Waals surface area contributed by atoms with Gasteiger partial charge in [0, 0.05) is 20.1 Å². The molecule has 0 bridgehead atoms. The molecule has 0 spiro atoms. The highest BCUT2D eigenvalue weighted by molar-refractivity contribution is 5.66. The lowest BCUT2D eigenvalue weighted by Gasteiger charge is -2.27. The molecule has 0 aromatic rings. The van der Waals surface area contributed by atoms with E-state index >= 15 is 0 Å². The topological polar surface area (TPSA) is 35.5 Å². The summed E-state index contributed by atoms with van der Waals surface area (Å²) in [6.45, 7) is 5.35. The number of ether oxygens (including phenoxy) is 2. The third-order valence-electron chi connectivity index (χ3n) is 2.83. The highest BCUT2D eigenvalue weighted by Gasteiger charge is 2.22. The van der Waals surface area contributed by atoms with Crippen LogP contribution in [0.1, 0.15) is 46.0 Å². The number of carbonyl (C=O) groups is 1. The number of hydrogen-bond donors (Lipinski definition) is 0. The molecular formula is C12H22O3. The Balaban J connectivity index is 2.10. The quantitative estimate of drug-likeness (QED) is 0.521. The van der Waals surface area contributed by atoms with Crippen molar-refractivity contribution in [3.8, 4) is 0 Å². The van der Waals surface area contributed by atoms with Crippen molar-refractivity contribution in [3.05, 3.63) is 0 Å². The van der Waals surface area contributed by atoms with Crippen LogP contribution in [-0.2, 0) is 14.3 Å². The molecule has 15 heavy (non-hydrogen) atoms. The second kappa shape index (κ2) is 6.83. The largest absolute Gasteiger partial charge is 0.463 e. The molecule has 0 aromatic heterocycles. The van der Waals surface area contributed by atoms with Gasteiger partial charge in [-0.2, -0.15) is 0 Å². The first kappa shape index (κ1) is 12.5. The average Bonchev–Trinajstić information content (AvgIpc) is 2.20. The van der Waals surface area contributed by atoms with E-state index in [1.807, 2.05) is 0 Å². The Kier molecular flexibility index (Phi) is 5.69. The van der Waals surface area contributed by atoms with E-state index < -0.39 is 0 Å². The van der Waals surface area contributed by atoms with Crippen LogP contribution in [0.5, 0.6) is 0 Å². The van der Waals surface area contributed by atoms with Crippen molar-refractivity contribution < 1.29 is 14.3 Å². The summed E-state index contributed by atoms with van der Waals surface area (Å²) in [5, 5.41) is 0. The third-order valence-corrected chi connectivity index (χ3v) is 2.83. The number of esters is 1. The van der Waals surface area contributed by atoms with Crippen molar-refractivity contribution in [2.24, 2.45) is 5.92 Å². The minimum Gasteiger partial charge on any atom is -0.463 e. The molecule has 0 unspecified atom stereocenters. The Hall–Kier alpha value is -0.570. The molecule has 1 aliphatic carbocycles. The lowest BCUT2D eigenvalue weighted by molar-refractivity contribution is -0.148. The molecular weight excluding hydrogens is 192 g/mol. The summed E-state index contributed by atoms with van der Waals surface area (Å²) in [7, 11) is 0. The zero-order valence-corrected chi connectivity index (χ0v) is 9.83. The first-order valence-corrected chi connectivity index (χ1v) is 5.97. The van der Waals surface area contributed by atoms with E-state index in [4.69, 9.17) is 9.47 Å². The van der Waals surface area contributed by atoms with Gasteiger partial charge in [0.15, 0.2) is 0 Å². The fraction of sp³-hybridized carbons (Fsp3) is 0.917. The van der Waals surface area contributed by atoms with Crippen LogP contribution in [0.2, 0.25) is 0 Å². The average molecular weight is 214 g/mol. The normalized spacial score (nSPS) is 26.3. The van der Waals surface area contributed by atoms with Crippen LogP contribution in [0.3, 0.4) is 0 Å². The summed E-state index contributed by atoms with van der Waals surface area (Å²) in [5.41, 5.74) is 0. The van der Waals surface area contributed by atoms with Crippen molar-refractivity contribution >= 4 is 5.97 Å². The van der Waals surface area contributed by atoms with Crippen LogP contribution < -0.4 is 0 Å². The maximum atomic E-state index is 10.8. The molecule has 0 atom stereocenters. The Bertz CT molecular complexity index is 183. The molecule has 1 rings (SSSR count). The summed E-state index contributed by atoms with van der Waals surface area (Å²) in [6, 6.07) is 0. The van der Waals surface area contributed by atoms with Crippen molar-refractivity contribution in [1.29, 1.82) is 0 Å². The van der Waals surface area contributed by atoms with E-state index in [0.29, 0.717) is 5.92 Å². The molecule has 0 saturated heterocycles. The van der Waals surface area contributed by atoms with Gasteiger partial charge in [0.1, 0.15) is 6.10 Å². The standard InChI is InChI=1S/C12H22O3/c1-3-8-14-9-11-4-6-12(7-5-11)15-10(2)13/h11-12H,3-9H2,1-2H3. The van der Waals surface area contributed by atoms with Crippen molar-refractivity contribution in [2.45, 2.75) is 52.1 Å². The van der Waals surface area contributed by atoms with Gasteiger partial charge in [-0.25, -0.2) is 0 Å². The molecule has 0 N–H and O–H groups in total. The number of rotatable bonds is 5. The SMILES string of the molecule is CCCOCC1CCC(OC(C)=O)CC1. The second-order valence-electron chi connectivity index (χ2n) is 4.33. The molecule has 1 saturated carbocycles. The van der Waals surface area contributed by atoms with E-state index in [0.717, 1.165) is 45.3 Å². The molecule has 0 amide bonds. The van der Waals surface area contributed by atoms with E-state index in [1.54, 1.807) is 0 Å². The van der Waals surface area contributed by atoms with Gasteiger partial charge in [-0.1, -0.05) is 6.92 Å².